The number of fused-ring (bicyclic) bond motifs is 3. The molecule has 0 aliphatic carbocycles. The first kappa shape index (κ1) is 8.96. The Hall–Kier alpha value is -2.30. The van der Waals surface area contributed by atoms with Crippen molar-refractivity contribution in [2.24, 2.45) is 0 Å². The van der Waals surface area contributed by atoms with Gasteiger partial charge in [-0.3, -0.25) is 0 Å². The molecule has 0 spiro atoms. The molecule has 3 rings (SSSR count). The van der Waals surface area contributed by atoms with E-state index in [9.17, 15) is 9.18 Å². The van der Waals surface area contributed by atoms with Crippen LogP contribution in [0.1, 0.15) is 10.5 Å². The summed E-state index contributed by atoms with van der Waals surface area (Å²) in [5.74, 6) is -1.38. The summed E-state index contributed by atoms with van der Waals surface area (Å²) in [6.07, 6.45) is 0. The van der Waals surface area contributed by atoms with Crippen LogP contribution in [-0.4, -0.2) is 21.0 Å². The van der Waals surface area contributed by atoms with Crippen molar-refractivity contribution in [3.8, 4) is 0 Å². The van der Waals surface area contributed by atoms with E-state index in [0.717, 1.165) is 0 Å². The average Bonchev–Trinajstić information content (AvgIpc) is 2.76. The zero-order valence-corrected chi connectivity index (χ0v) is 8.04. The minimum Gasteiger partial charge on any atom is -0.477 e. The maximum absolute atomic E-state index is 13.4. The van der Waals surface area contributed by atoms with E-state index in [0.29, 0.717) is 21.9 Å². The highest BCUT2D eigenvalue weighted by atomic mass is 19.1. The monoisotopic (exact) mass is 218 g/mol. The molecule has 0 unspecified atom stereocenters. The molecule has 0 radical (unpaired) electrons. The zero-order valence-electron chi connectivity index (χ0n) is 8.04. The molecule has 0 fully saturated rings. The second-order valence-corrected chi connectivity index (χ2v) is 3.56. The normalized spacial score (nSPS) is 11.3. The minimum atomic E-state index is -1.03. The summed E-state index contributed by atoms with van der Waals surface area (Å²) in [6, 6.07) is 6.14. The standard InChI is InChI=1S/C11H7FN2O2/c12-6-3-1-2-5-9(6)13-7-4-8(11(15)16)14-10(5)7/h1-4,13-14H,(H,15,16). The second-order valence-electron chi connectivity index (χ2n) is 3.56. The highest BCUT2D eigenvalue weighted by Gasteiger charge is 2.13. The minimum absolute atomic E-state index is 0.0902. The summed E-state index contributed by atoms with van der Waals surface area (Å²) in [6.45, 7) is 0. The molecular formula is C11H7FN2O2. The van der Waals surface area contributed by atoms with Gasteiger partial charge in [-0.1, -0.05) is 12.1 Å². The fourth-order valence-electron chi connectivity index (χ4n) is 1.87. The molecule has 3 aromatic rings. The van der Waals surface area contributed by atoms with Crippen LogP contribution in [0.25, 0.3) is 21.9 Å². The van der Waals surface area contributed by atoms with Crippen molar-refractivity contribution in [1.82, 2.24) is 9.97 Å². The van der Waals surface area contributed by atoms with Crippen molar-refractivity contribution in [2.45, 2.75) is 0 Å². The summed E-state index contributed by atoms with van der Waals surface area (Å²) >= 11 is 0. The van der Waals surface area contributed by atoms with Crippen LogP contribution in [-0.2, 0) is 0 Å². The van der Waals surface area contributed by atoms with Gasteiger partial charge in [0.1, 0.15) is 11.5 Å². The van der Waals surface area contributed by atoms with Gasteiger partial charge in [0.25, 0.3) is 0 Å². The molecule has 0 saturated heterocycles. The van der Waals surface area contributed by atoms with E-state index in [2.05, 4.69) is 9.97 Å². The van der Waals surface area contributed by atoms with E-state index in [1.165, 1.54) is 12.1 Å². The Kier molecular flexibility index (Phi) is 1.60. The van der Waals surface area contributed by atoms with E-state index in [4.69, 9.17) is 5.11 Å². The Morgan fingerprint density at radius 2 is 2.06 bits per heavy atom. The van der Waals surface area contributed by atoms with E-state index in [1.54, 1.807) is 12.1 Å². The van der Waals surface area contributed by atoms with Gasteiger partial charge in [-0.15, -0.1) is 0 Å². The van der Waals surface area contributed by atoms with Gasteiger partial charge in [0.15, 0.2) is 0 Å². The van der Waals surface area contributed by atoms with Crippen LogP contribution >= 0.6 is 0 Å². The lowest BCUT2D eigenvalue weighted by Gasteiger charge is -1.91. The lowest BCUT2D eigenvalue weighted by Crippen LogP contribution is -1.95. The maximum atomic E-state index is 13.4. The molecule has 2 heterocycles. The number of rotatable bonds is 1. The third-order valence-electron chi connectivity index (χ3n) is 2.59. The predicted molar refractivity (Wildman–Crippen MR) is 57.1 cm³/mol. The van der Waals surface area contributed by atoms with Crippen LogP contribution in [0, 0.1) is 5.82 Å². The molecule has 2 aromatic heterocycles. The predicted octanol–water partition coefficient (Wildman–Crippen LogP) is 2.49. The molecule has 5 heteroatoms. The number of hydrogen-bond acceptors (Lipinski definition) is 1. The molecule has 0 bridgehead atoms. The van der Waals surface area contributed by atoms with Crippen molar-refractivity contribution < 1.29 is 14.3 Å². The molecule has 0 atom stereocenters. The first-order valence-electron chi connectivity index (χ1n) is 4.69. The third-order valence-corrected chi connectivity index (χ3v) is 2.59. The van der Waals surface area contributed by atoms with Gasteiger partial charge < -0.3 is 15.1 Å². The van der Waals surface area contributed by atoms with Crippen molar-refractivity contribution in [3.63, 3.8) is 0 Å². The van der Waals surface area contributed by atoms with Crippen LogP contribution < -0.4 is 0 Å². The Labute approximate surface area is 88.7 Å². The Morgan fingerprint density at radius 1 is 1.25 bits per heavy atom. The number of nitrogens with one attached hydrogen (secondary N) is 2. The SMILES string of the molecule is O=C(O)c1cc2[nH]c3c(F)cccc3c2[nH]1. The second kappa shape index (κ2) is 2.85. The fourth-order valence-corrected chi connectivity index (χ4v) is 1.87. The van der Waals surface area contributed by atoms with E-state index in [-0.39, 0.29) is 11.5 Å². The number of para-hydroxylation sites is 1. The largest absolute Gasteiger partial charge is 0.477 e. The van der Waals surface area contributed by atoms with Gasteiger partial charge in [0.2, 0.25) is 0 Å². The number of carbonyl (C=O) groups is 1. The summed E-state index contributed by atoms with van der Waals surface area (Å²) < 4.78 is 13.4. The number of aromatic carboxylic acids is 1. The molecular weight excluding hydrogens is 211 g/mol. The van der Waals surface area contributed by atoms with E-state index in [1.807, 2.05) is 0 Å². The topological polar surface area (TPSA) is 68.9 Å². The van der Waals surface area contributed by atoms with Gasteiger partial charge in [0.05, 0.1) is 16.6 Å². The highest BCUT2D eigenvalue weighted by molar-refractivity contribution is 6.07. The smallest absolute Gasteiger partial charge is 0.352 e. The Morgan fingerprint density at radius 3 is 2.81 bits per heavy atom. The van der Waals surface area contributed by atoms with Crippen molar-refractivity contribution >= 4 is 27.9 Å². The molecule has 0 saturated carbocycles. The van der Waals surface area contributed by atoms with Crippen LogP contribution in [0.3, 0.4) is 0 Å². The van der Waals surface area contributed by atoms with Gasteiger partial charge in [-0.05, 0) is 12.1 Å². The van der Waals surface area contributed by atoms with Crippen molar-refractivity contribution in [2.75, 3.05) is 0 Å². The molecule has 4 nitrogen and oxygen atoms in total. The molecule has 16 heavy (non-hydrogen) atoms. The van der Waals surface area contributed by atoms with Crippen LogP contribution in [0.5, 0.6) is 0 Å². The summed E-state index contributed by atoms with van der Waals surface area (Å²) in [5, 5.41) is 9.47. The number of benzene rings is 1. The third kappa shape index (κ3) is 1.05. The van der Waals surface area contributed by atoms with Crippen LogP contribution in [0.2, 0.25) is 0 Å². The molecule has 3 N–H and O–H groups in total. The molecule has 0 aliphatic rings. The van der Waals surface area contributed by atoms with Crippen LogP contribution in [0.15, 0.2) is 24.3 Å². The quantitative estimate of drug-likeness (QED) is 0.587. The Balaban J connectivity index is 2.43. The van der Waals surface area contributed by atoms with Gasteiger partial charge >= 0.3 is 5.97 Å². The maximum Gasteiger partial charge on any atom is 0.352 e. The van der Waals surface area contributed by atoms with E-state index < -0.39 is 5.97 Å². The summed E-state index contributed by atoms with van der Waals surface area (Å²) in [7, 11) is 0. The first-order chi connectivity index (χ1) is 7.66. The average molecular weight is 218 g/mol. The highest BCUT2D eigenvalue weighted by Crippen LogP contribution is 2.26. The number of hydrogen-bond donors (Lipinski definition) is 3. The van der Waals surface area contributed by atoms with Crippen LogP contribution in [0.4, 0.5) is 4.39 Å². The van der Waals surface area contributed by atoms with Crippen molar-refractivity contribution in [1.29, 1.82) is 0 Å². The molecule has 80 valence electrons. The summed E-state index contributed by atoms with van der Waals surface area (Å²) in [4.78, 5) is 16.4. The number of carboxylic acid groups (broad SMARTS) is 1. The number of carboxylic acids is 1. The fraction of sp³-hybridized carbons (Fsp3) is 0. The van der Waals surface area contributed by atoms with Gasteiger partial charge in [-0.25, -0.2) is 9.18 Å². The lowest BCUT2D eigenvalue weighted by atomic mass is 10.2. The Bertz CT molecular complexity index is 711. The number of halogens is 1. The lowest BCUT2D eigenvalue weighted by molar-refractivity contribution is 0.0691. The van der Waals surface area contributed by atoms with Gasteiger partial charge in [0, 0.05) is 5.39 Å². The first-order valence-corrected chi connectivity index (χ1v) is 4.69. The number of aromatic nitrogens is 2. The van der Waals surface area contributed by atoms with Gasteiger partial charge in [-0.2, -0.15) is 0 Å². The zero-order chi connectivity index (χ0) is 11.3. The molecule has 0 aliphatic heterocycles. The summed E-state index contributed by atoms with van der Waals surface area (Å²) in [5.41, 5.74) is 1.69. The van der Waals surface area contributed by atoms with E-state index >= 15 is 0 Å². The van der Waals surface area contributed by atoms with Crippen molar-refractivity contribution in [3.05, 3.63) is 35.8 Å². The molecule has 1 aromatic carbocycles. The molecule has 0 amide bonds. The number of aromatic amines is 2. The number of H-pyrrole nitrogens is 2.